The van der Waals surface area contributed by atoms with Crippen molar-refractivity contribution in [3.05, 3.63) is 18.2 Å². The van der Waals surface area contributed by atoms with E-state index in [-0.39, 0.29) is 25.7 Å². The van der Waals surface area contributed by atoms with Crippen LogP contribution in [0.1, 0.15) is 6.42 Å². The molecule has 1 aromatic carbocycles. The highest BCUT2D eigenvalue weighted by Crippen LogP contribution is 2.40. The number of aliphatic hydroxyl groups excluding tert-OH is 2. The summed E-state index contributed by atoms with van der Waals surface area (Å²) in [4.78, 5) is 14.5. The molecule has 4 rings (SSSR count). The first-order valence-electron chi connectivity index (χ1n) is 8.58. The van der Waals surface area contributed by atoms with E-state index in [4.69, 9.17) is 28.1 Å². The van der Waals surface area contributed by atoms with Crippen LogP contribution < -0.4 is 25.0 Å². The van der Waals surface area contributed by atoms with Crippen LogP contribution in [0.4, 0.5) is 5.69 Å². The molecule has 3 aliphatic rings. The molecule has 142 valence electrons. The fourth-order valence-electron chi connectivity index (χ4n) is 3.95. The van der Waals surface area contributed by atoms with E-state index in [1.807, 2.05) is 6.07 Å². The Morgan fingerprint density at radius 1 is 1.41 bits per heavy atom. The summed E-state index contributed by atoms with van der Waals surface area (Å²) < 4.78 is 10.8. The van der Waals surface area contributed by atoms with Crippen molar-refractivity contribution in [2.45, 2.75) is 30.7 Å². The van der Waals surface area contributed by atoms with E-state index in [1.54, 1.807) is 17.0 Å². The van der Waals surface area contributed by atoms with Crippen molar-refractivity contribution in [1.29, 1.82) is 0 Å². The quantitative estimate of drug-likeness (QED) is 0.399. The van der Waals surface area contributed by atoms with Gasteiger partial charge in [0.25, 0.3) is 0 Å². The Morgan fingerprint density at radius 3 is 2.96 bits per heavy atom. The van der Waals surface area contributed by atoms with E-state index >= 15 is 0 Å². The summed E-state index contributed by atoms with van der Waals surface area (Å²) in [5.74, 6) is 2.69. The average Bonchev–Trinajstić information content (AvgIpc) is 3.26. The van der Waals surface area contributed by atoms with Crippen LogP contribution in [-0.2, 0) is 4.79 Å². The summed E-state index contributed by atoms with van der Waals surface area (Å²) in [6, 6.07) is 4.31. The predicted molar refractivity (Wildman–Crippen MR) is 100 cm³/mol. The van der Waals surface area contributed by atoms with Gasteiger partial charge in [0, 0.05) is 11.8 Å². The summed E-state index contributed by atoms with van der Waals surface area (Å²) in [6.07, 6.45) is 3.24. The topological polar surface area (TPSA) is 103 Å². The summed E-state index contributed by atoms with van der Waals surface area (Å²) in [7, 11) is 0. The Balaban J connectivity index is 1.70. The first kappa shape index (κ1) is 17.9. The molecule has 2 heterocycles. The van der Waals surface area contributed by atoms with E-state index in [1.165, 1.54) is 0 Å². The number of carbonyl (C=O) groups is 1. The Morgan fingerprint density at radius 2 is 2.19 bits per heavy atom. The van der Waals surface area contributed by atoms with Crippen molar-refractivity contribution >= 4 is 28.9 Å². The van der Waals surface area contributed by atoms with Gasteiger partial charge in [0.15, 0.2) is 16.6 Å². The lowest BCUT2D eigenvalue weighted by Gasteiger charge is -2.41. The zero-order valence-corrected chi connectivity index (χ0v) is 15.1. The number of amides is 1. The lowest BCUT2D eigenvalue weighted by molar-refractivity contribution is -0.130. The standard InChI is InChI=1S/C18H19N3O5S/c1-2-5-19-17(24)10-7-11(22)16(23)14-15(10)21(18(27)20-14)9-3-4-12-13(6-9)26-8-25-12/h1,3-4,6,10-11,14-16,22-23H,5,7-8H2,(H,19,24)(H,20,27)/t10-,11+,14-,15+,16-/m0/s1. The normalized spacial score (nSPS) is 31.1. The smallest absolute Gasteiger partial charge is 0.231 e. The number of fused-ring (bicyclic) bond motifs is 2. The molecule has 27 heavy (non-hydrogen) atoms. The Labute approximate surface area is 161 Å². The van der Waals surface area contributed by atoms with Crippen molar-refractivity contribution in [2.24, 2.45) is 5.92 Å². The van der Waals surface area contributed by atoms with Gasteiger partial charge < -0.3 is 35.2 Å². The molecule has 4 N–H and O–H groups in total. The molecular formula is C18H19N3O5S. The number of ether oxygens (including phenoxy) is 2. The van der Waals surface area contributed by atoms with Gasteiger partial charge in [0.05, 0.1) is 30.7 Å². The molecule has 0 spiro atoms. The number of hydrogen-bond donors (Lipinski definition) is 4. The largest absolute Gasteiger partial charge is 0.454 e. The van der Waals surface area contributed by atoms with Crippen LogP contribution in [0, 0.1) is 18.3 Å². The van der Waals surface area contributed by atoms with Gasteiger partial charge in [-0.15, -0.1) is 6.42 Å². The first-order chi connectivity index (χ1) is 13.0. The molecule has 2 aliphatic heterocycles. The molecule has 1 saturated heterocycles. The summed E-state index contributed by atoms with van der Waals surface area (Å²) in [6.45, 7) is 0.239. The minimum Gasteiger partial charge on any atom is -0.454 e. The molecule has 0 bridgehead atoms. The maximum Gasteiger partial charge on any atom is 0.231 e. The van der Waals surface area contributed by atoms with Gasteiger partial charge in [-0.25, -0.2) is 0 Å². The Kier molecular flexibility index (Phi) is 4.55. The molecule has 1 amide bonds. The zero-order chi connectivity index (χ0) is 19.1. The molecule has 1 saturated carbocycles. The number of aliphatic hydroxyl groups is 2. The molecule has 8 nitrogen and oxygen atoms in total. The van der Waals surface area contributed by atoms with Crippen LogP contribution in [0.3, 0.4) is 0 Å². The number of terminal acetylenes is 1. The third-order valence-electron chi connectivity index (χ3n) is 5.18. The maximum absolute atomic E-state index is 12.7. The molecular weight excluding hydrogens is 370 g/mol. The number of nitrogens with one attached hydrogen (secondary N) is 2. The maximum atomic E-state index is 12.7. The van der Waals surface area contributed by atoms with Gasteiger partial charge in [-0.1, -0.05) is 5.92 Å². The van der Waals surface area contributed by atoms with Crippen LogP contribution in [0.15, 0.2) is 18.2 Å². The molecule has 0 radical (unpaired) electrons. The molecule has 5 atom stereocenters. The van der Waals surface area contributed by atoms with E-state index in [0.717, 1.165) is 0 Å². The van der Waals surface area contributed by atoms with E-state index in [9.17, 15) is 15.0 Å². The second-order valence-corrected chi connectivity index (χ2v) is 7.08. The predicted octanol–water partition coefficient (Wildman–Crippen LogP) is -0.662. The zero-order valence-electron chi connectivity index (χ0n) is 14.3. The van der Waals surface area contributed by atoms with Gasteiger partial charge >= 0.3 is 0 Å². The van der Waals surface area contributed by atoms with Crippen LogP contribution in [0.2, 0.25) is 0 Å². The minimum absolute atomic E-state index is 0.0905. The number of benzene rings is 1. The third kappa shape index (κ3) is 2.96. The van der Waals surface area contributed by atoms with E-state index in [0.29, 0.717) is 22.3 Å². The van der Waals surface area contributed by atoms with Crippen LogP contribution >= 0.6 is 12.2 Å². The number of nitrogens with zero attached hydrogens (tertiary/aromatic N) is 1. The molecule has 0 unspecified atom stereocenters. The summed E-state index contributed by atoms with van der Waals surface area (Å²) >= 11 is 5.47. The van der Waals surface area contributed by atoms with Gasteiger partial charge in [-0.3, -0.25) is 4.79 Å². The fraction of sp³-hybridized carbons (Fsp3) is 0.444. The van der Waals surface area contributed by atoms with Gasteiger partial charge in [0.2, 0.25) is 12.7 Å². The van der Waals surface area contributed by atoms with E-state index < -0.39 is 30.2 Å². The number of anilines is 1. The SMILES string of the molecule is C#CCNC(=O)[C@H]1C[C@@H](O)[C@H](O)[C@H]2NC(=S)N(c3ccc4c(c3)OCO4)[C@@H]21. The number of rotatable bonds is 3. The Hall–Kier alpha value is -2.54. The molecule has 1 aromatic rings. The molecule has 9 heteroatoms. The monoisotopic (exact) mass is 389 g/mol. The first-order valence-corrected chi connectivity index (χ1v) is 8.98. The second kappa shape index (κ2) is 6.88. The number of thiocarbonyl (C=S) groups is 1. The molecule has 2 fully saturated rings. The van der Waals surface area contributed by atoms with Crippen molar-refractivity contribution in [3.8, 4) is 23.8 Å². The highest BCUT2D eigenvalue weighted by Gasteiger charge is 2.54. The third-order valence-corrected chi connectivity index (χ3v) is 5.50. The van der Waals surface area contributed by atoms with Gasteiger partial charge in [0.1, 0.15) is 6.10 Å². The Bertz CT molecular complexity index is 826. The average molecular weight is 389 g/mol. The number of carbonyl (C=O) groups excluding carboxylic acids is 1. The fourth-order valence-corrected chi connectivity index (χ4v) is 4.31. The van der Waals surface area contributed by atoms with Crippen molar-refractivity contribution in [3.63, 3.8) is 0 Å². The van der Waals surface area contributed by atoms with Crippen LogP contribution in [0.25, 0.3) is 0 Å². The van der Waals surface area contributed by atoms with Crippen LogP contribution in [0.5, 0.6) is 11.5 Å². The lowest BCUT2D eigenvalue weighted by Crippen LogP contribution is -2.61. The van der Waals surface area contributed by atoms with E-state index in [2.05, 4.69) is 16.6 Å². The van der Waals surface area contributed by atoms with Crippen molar-refractivity contribution < 1.29 is 24.5 Å². The summed E-state index contributed by atoms with van der Waals surface area (Å²) in [5, 5.41) is 26.8. The minimum atomic E-state index is -1.05. The molecule has 0 aromatic heterocycles. The number of hydrogen-bond acceptors (Lipinski definition) is 6. The van der Waals surface area contributed by atoms with Crippen LogP contribution in [-0.4, -0.2) is 58.9 Å². The van der Waals surface area contributed by atoms with Gasteiger partial charge in [-0.05, 0) is 30.8 Å². The second-order valence-electron chi connectivity index (χ2n) is 6.70. The highest BCUT2D eigenvalue weighted by atomic mass is 32.1. The van der Waals surface area contributed by atoms with Crippen molar-refractivity contribution in [1.82, 2.24) is 10.6 Å². The molecule has 1 aliphatic carbocycles. The highest BCUT2D eigenvalue weighted by molar-refractivity contribution is 7.80. The van der Waals surface area contributed by atoms with Gasteiger partial charge in [-0.2, -0.15) is 0 Å². The summed E-state index contributed by atoms with van der Waals surface area (Å²) in [5.41, 5.74) is 0.711. The van der Waals surface area contributed by atoms with Crippen molar-refractivity contribution in [2.75, 3.05) is 18.2 Å². The lowest BCUT2D eigenvalue weighted by atomic mass is 9.77.